The minimum atomic E-state index is -4.49. The quantitative estimate of drug-likeness (QED) is 0.362. The molecule has 1 aromatic heterocycles. The number of fused-ring (bicyclic) bond motifs is 1. The molecular weight excluding hydrogens is 407 g/mol. The second-order valence-corrected chi connectivity index (χ2v) is 7.32. The highest BCUT2D eigenvalue weighted by atomic mass is 32.1. The molecule has 0 aliphatic heterocycles. The molecule has 0 aliphatic rings. The SMILES string of the molecule is N#C/C(=C/Nc1ccccc1C(F)(F)F)c1nc(-c2ccc3ccccc3c2)cs1. The molecule has 30 heavy (non-hydrogen) atoms. The van der Waals surface area contributed by atoms with E-state index in [2.05, 4.69) is 10.3 Å². The van der Waals surface area contributed by atoms with Crippen LogP contribution in [0.3, 0.4) is 0 Å². The predicted molar refractivity (Wildman–Crippen MR) is 114 cm³/mol. The number of aromatic nitrogens is 1. The summed E-state index contributed by atoms with van der Waals surface area (Å²) in [4.78, 5) is 4.51. The van der Waals surface area contributed by atoms with Crippen LogP contribution in [-0.4, -0.2) is 4.98 Å². The first-order valence-electron chi connectivity index (χ1n) is 8.94. The van der Waals surface area contributed by atoms with Crippen LogP contribution < -0.4 is 5.32 Å². The van der Waals surface area contributed by atoms with Crippen molar-refractivity contribution in [3.63, 3.8) is 0 Å². The Kier molecular flexibility index (Phi) is 5.25. The topological polar surface area (TPSA) is 48.7 Å². The standard InChI is InChI=1S/C23H14F3N3S/c24-23(25,26)19-7-3-4-8-20(19)28-13-18(12-27)22-29-21(14-30-22)17-10-9-15-5-1-2-6-16(15)11-17/h1-11,13-14,28H/b18-13-. The number of hydrogen-bond donors (Lipinski definition) is 1. The smallest absolute Gasteiger partial charge is 0.360 e. The van der Waals surface area contributed by atoms with Gasteiger partial charge in [-0.15, -0.1) is 11.3 Å². The Hall–Kier alpha value is -3.63. The summed E-state index contributed by atoms with van der Waals surface area (Å²) in [6.07, 6.45) is -3.23. The van der Waals surface area contributed by atoms with E-state index in [9.17, 15) is 18.4 Å². The minimum absolute atomic E-state index is 0.121. The molecule has 7 heteroatoms. The number of para-hydroxylation sites is 1. The molecule has 0 aliphatic carbocycles. The van der Waals surface area contributed by atoms with Crippen LogP contribution in [-0.2, 0) is 6.18 Å². The molecule has 0 amide bonds. The van der Waals surface area contributed by atoms with Gasteiger partial charge in [0, 0.05) is 17.1 Å². The van der Waals surface area contributed by atoms with Crippen molar-refractivity contribution in [2.75, 3.05) is 5.32 Å². The number of halogens is 3. The average molecular weight is 421 g/mol. The third kappa shape index (κ3) is 4.04. The van der Waals surface area contributed by atoms with Crippen molar-refractivity contribution in [2.24, 2.45) is 0 Å². The number of benzene rings is 3. The van der Waals surface area contributed by atoms with E-state index in [4.69, 9.17) is 0 Å². The summed E-state index contributed by atoms with van der Waals surface area (Å²) < 4.78 is 39.4. The van der Waals surface area contributed by atoms with Crippen molar-refractivity contribution in [1.82, 2.24) is 4.98 Å². The van der Waals surface area contributed by atoms with Crippen molar-refractivity contribution >= 4 is 33.4 Å². The van der Waals surface area contributed by atoms with Gasteiger partial charge < -0.3 is 5.32 Å². The zero-order valence-electron chi connectivity index (χ0n) is 15.4. The lowest BCUT2D eigenvalue weighted by molar-refractivity contribution is -0.136. The maximum atomic E-state index is 13.1. The summed E-state index contributed by atoms with van der Waals surface area (Å²) in [5.74, 6) is 0. The Bertz CT molecular complexity index is 1280. The van der Waals surface area contributed by atoms with Crippen LogP contribution in [0.5, 0.6) is 0 Å². The van der Waals surface area contributed by atoms with E-state index in [-0.39, 0.29) is 11.3 Å². The van der Waals surface area contributed by atoms with E-state index in [0.29, 0.717) is 10.7 Å². The van der Waals surface area contributed by atoms with Gasteiger partial charge in [-0.1, -0.05) is 48.5 Å². The van der Waals surface area contributed by atoms with Crippen LogP contribution >= 0.6 is 11.3 Å². The second kappa shape index (κ2) is 8.01. The molecule has 0 bridgehead atoms. The highest BCUT2D eigenvalue weighted by Gasteiger charge is 2.33. The summed E-state index contributed by atoms with van der Waals surface area (Å²) >= 11 is 1.26. The fraction of sp³-hybridized carbons (Fsp3) is 0.0435. The fourth-order valence-corrected chi connectivity index (χ4v) is 3.82. The van der Waals surface area contributed by atoms with Gasteiger partial charge in [-0.05, 0) is 29.0 Å². The highest BCUT2D eigenvalue weighted by molar-refractivity contribution is 7.11. The molecule has 148 valence electrons. The van der Waals surface area contributed by atoms with Crippen LogP contribution in [0.25, 0.3) is 27.6 Å². The molecule has 0 saturated carbocycles. The second-order valence-electron chi connectivity index (χ2n) is 6.46. The maximum absolute atomic E-state index is 13.1. The molecule has 0 fully saturated rings. The Morgan fingerprint density at radius 2 is 1.73 bits per heavy atom. The molecule has 1 heterocycles. The number of nitrogens with one attached hydrogen (secondary N) is 1. The fourth-order valence-electron chi connectivity index (χ4n) is 3.03. The van der Waals surface area contributed by atoms with Crippen LogP contribution in [0.4, 0.5) is 18.9 Å². The van der Waals surface area contributed by atoms with Gasteiger partial charge in [0.15, 0.2) is 0 Å². The van der Waals surface area contributed by atoms with Gasteiger partial charge in [-0.3, -0.25) is 0 Å². The monoisotopic (exact) mass is 421 g/mol. The molecule has 4 aromatic rings. The Morgan fingerprint density at radius 1 is 1.00 bits per heavy atom. The molecule has 1 N–H and O–H groups in total. The number of nitriles is 1. The minimum Gasteiger partial charge on any atom is -0.360 e. The van der Waals surface area contributed by atoms with Gasteiger partial charge in [0.2, 0.25) is 0 Å². The van der Waals surface area contributed by atoms with Gasteiger partial charge in [0.25, 0.3) is 0 Å². The number of nitrogens with zero attached hydrogens (tertiary/aromatic N) is 2. The number of anilines is 1. The molecule has 0 atom stereocenters. The summed E-state index contributed by atoms with van der Waals surface area (Å²) in [5.41, 5.74) is 0.851. The van der Waals surface area contributed by atoms with E-state index in [1.165, 1.54) is 35.7 Å². The summed E-state index contributed by atoms with van der Waals surface area (Å²) in [6, 6.07) is 21.1. The van der Waals surface area contributed by atoms with Crippen molar-refractivity contribution in [3.05, 3.63) is 88.9 Å². The largest absolute Gasteiger partial charge is 0.418 e. The summed E-state index contributed by atoms with van der Waals surface area (Å²) in [6.45, 7) is 0. The maximum Gasteiger partial charge on any atom is 0.418 e. The molecule has 4 rings (SSSR count). The van der Waals surface area contributed by atoms with Crippen LogP contribution in [0.15, 0.2) is 78.3 Å². The van der Waals surface area contributed by atoms with Crippen molar-refractivity contribution in [1.29, 1.82) is 5.26 Å². The van der Waals surface area contributed by atoms with E-state index < -0.39 is 11.7 Å². The van der Waals surface area contributed by atoms with E-state index in [1.54, 1.807) is 0 Å². The molecule has 3 nitrogen and oxygen atoms in total. The van der Waals surface area contributed by atoms with Gasteiger partial charge in [-0.2, -0.15) is 18.4 Å². The van der Waals surface area contributed by atoms with Crippen LogP contribution in [0.1, 0.15) is 10.6 Å². The first-order chi connectivity index (χ1) is 14.5. The molecular formula is C23H14F3N3S. The zero-order valence-corrected chi connectivity index (χ0v) is 16.3. The highest BCUT2D eigenvalue weighted by Crippen LogP contribution is 2.35. The van der Waals surface area contributed by atoms with Crippen molar-refractivity contribution in [2.45, 2.75) is 6.18 Å². The van der Waals surface area contributed by atoms with Crippen LogP contribution in [0, 0.1) is 11.3 Å². The number of thiazole rings is 1. The number of alkyl halides is 3. The van der Waals surface area contributed by atoms with Crippen molar-refractivity contribution < 1.29 is 13.2 Å². The molecule has 0 saturated heterocycles. The molecule has 0 unspecified atom stereocenters. The average Bonchev–Trinajstić information content (AvgIpc) is 3.23. The Morgan fingerprint density at radius 3 is 2.50 bits per heavy atom. The van der Waals surface area contributed by atoms with Crippen LogP contribution in [0.2, 0.25) is 0 Å². The lowest BCUT2D eigenvalue weighted by Gasteiger charge is -2.12. The van der Waals surface area contributed by atoms with Crippen molar-refractivity contribution in [3.8, 4) is 17.3 Å². The first-order valence-corrected chi connectivity index (χ1v) is 9.82. The zero-order chi connectivity index (χ0) is 21.1. The lowest BCUT2D eigenvalue weighted by Crippen LogP contribution is -2.08. The Balaban J connectivity index is 1.62. The third-order valence-electron chi connectivity index (χ3n) is 4.50. The van der Waals surface area contributed by atoms with Gasteiger partial charge in [0.05, 0.1) is 16.9 Å². The van der Waals surface area contributed by atoms with E-state index in [0.717, 1.165) is 22.4 Å². The number of hydrogen-bond acceptors (Lipinski definition) is 4. The van der Waals surface area contributed by atoms with Gasteiger partial charge in [0.1, 0.15) is 16.6 Å². The normalized spacial score (nSPS) is 12.0. The van der Waals surface area contributed by atoms with Gasteiger partial charge in [-0.25, -0.2) is 4.98 Å². The Labute approximate surface area is 174 Å². The van der Waals surface area contributed by atoms with E-state index in [1.807, 2.05) is 53.9 Å². The van der Waals surface area contributed by atoms with E-state index >= 15 is 0 Å². The predicted octanol–water partition coefficient (Wildman–Crippen LogP) is 6.96. The molecule has 0 radical (unpaired) electrons. The summed E-state index contributed by atoms with van der Waals surface area (Å²) in [5, 5.41) is 16.5. The summed E-state index contributed by atoms with van der Waals surface area (Å²) in [7, 11) is 0. The lowest BCUT2D eigenvalue weighted by atomic mass is 10.1. The molecule has 3 aromatic carbocycles. The third-order valence-corrected chi connectivity index (χ3v) is 5.38. The first kappa shape index (κ1) is 19.7. The number of allylic oxidation sites excluding steroid dienone is 1. The van der Waals surface area contributed by atoms with Gasteiger partial charge >= 0.3 is 6.18 Å². The molecule has 0 spiro atoms. The number of rotatable bonds is 4.